The maximum Gasteiger partial charge on any atom is 0.0524 e. The Kier molecular flexibility index (Phi) is 2.86. The van der Waals surface area contributed by atoms with Crippen molar-refractivity contribution in [3.05, 3.63) is 0 Å². The van der Waals surface area contributed by atoms with E-state index in [1.807, 2.05) is 6.92 Å². The van der Waals surface area contributed by atoms with Crippen LogP contribution in [0, 0.1) is 0 Å². The third-order valence-corrected chi connectivity index (χ3v) is 2.87. The first-order chi connectivity index (χ1) is 6.24. The molecule has 76 valence electrons. The summed E-state index contributed by atoms with van der Waals surface area (Å²) in [6.45, 7) is 5.28. The molecule has 1 saturated carbocycles. The van der Waals surface area contributed by atoms with E-state index in [9.17, 15) is 0 Å². The molecule has 2 rings (SSSR count). The van der Waals surface area contributed by atoms with E-state index < -0.39 is 0 Å². The van der Waals surface area contributed by atoms with Crippen molar-refractivity contribution in [2.24, 2.45) is 0 Å². The fourth-order valence-corrected chi connectivity index (χ4v) is 1.81. The van der Waals surface area contributed by atoms with Gasteiger partial charge >= 0.3 is 0 Å². The van der Waals surface area contributed by atoms with Gasteiger partial charge in [-0.3, -0.25) is 0 Å². The van der Waals surface area contributed by atoms with Gasteiger partial charge in [0.1, 0.15) is 0 Å². The van der Waals surface area contributed by atoms with Crippen LogP contribution in [0.3, 0.4) is 0 Å². The largest absolute Gasteiger partial charge is 0.393 e. The van der Waals surface area contributed by atoms with E-state index >= 15 is 0 Å². The fourth-order valence-electron chi connectivity index (χ4n) is 1.81. The van der Waals surface area contributed by atoms with Gasteiger partial charge < -0.3 is 15.3 Å². The molecule has 1 aliphatic heterocycles. The molecule has 0 spiro atoms. The number of likely N-dealkylation sites (tertiary alicyclic amines) is 1. The number of nitrogens with zero attached hydrogens (tertiary/aromatic N) is 1. The van der Waals surface area contributed by atoms with E-state index in [2.05, 4.69) is 10.2 Å². The first-order valence-electron chi connectivity index (χ1n) is 5.40. The zero-order valence-electron chi connectivity index (χ0n) is 8.37. The van der Waals surface area contributed by atoms with Gasteiger partial charge in [0.15, 0.2) is 0 Å². The van der Waals surface area contributed by atoms with Crippen molar-refractivity contribution >= 4 is 0 Å². The molecule has 1 unspecified atom stereocenters. The van der Waals surface area contributed by atoms with Crippen molar-refractivity contribution in [2.75, 3.05) is 19.6 Å². The molecule has 1 aliphatic carbocycles. The number of aliphatic hydroxyl groups is 1. The lowest BCUT2D eigenvalue weighted by atomic mass is 10.1. The Balaban J connectivity index is 1.51. The Morgan fingerprint density at radius 3 is 2.62 bits per heavy atom. The minimum absolute atomic E-state index is 0.143. The molecule has 1 saturated heterocycles. The molecule has 0 radical (unpaired) electrons. The maximum absolute atomic E-state index is 9.10. The van der Waals surface area contributed by atoms with E-state index in [0.29, 0.717) is 0 Å². The molecule has 1 heterocycles. The minimum atomic E-state index is -0.143. The SMILES string of the molecule is CC(O)CCN1CC(NC2CC2)C1. The highest BCUT2D eigenvalue weighted by atomic mass is 16.3. The Morgan fingerprint density at radius 2 is 2.08 bits per heavy atom. The van der Waals surface area contributed by atoms with Crippen molar-refractivity contribution in [2.45, 2.75) is 44.4 Å². The fraction of sp³-hybridized carbons (Fsp3) is 1.00. The first kappa shape index (κ1) is 9.44. The molecular formula is C10H20N2O. The average Bonchev–Trinajstić information content (AvgIpc) is 2.76. The third kappa shape index (κ3) is 2.93. The number of hydrogen-bond donors (Lipinski definition) is 2. The van der Waals surface area contributed by atoms with Gasteiger partial charge in [0.25, 0.3) is 0 Å². The second kappa shape index (κ2) is 3.95. The normalized spacial score (nSPS) is 27.2. The average molecular weight is 184 g/mol. The molecule has 13 heavy (non-hydrogen) atoms. The number of rotatable bonds is 5. The van der Waals surface area contributed by atoms with Crippen molar-refractivity contribution in [3.8, 4) is 0 Å². The lowest BCUT2D eigenvalue weighted by Crippen LogP contribution is -2.58. The second-order valence-corrected chi connectivity index (χ2v) is 4.54. The number of nitrogens with one attached hydrogen (secondary N) is 1. The van der Waals surface area contributed by atoms with E-state index in [1.165, 1.54) is 25.9 Å². The van der Waals surface area contributed by atoms with Crippen LogP contribution >= 0.6 is 0 Å². The predicted molar refractivity (Wildman–Crippen MR) is 52.7 cm³/mol. The zero-order chi connectivity index (χ0) is 9.26. The molecule has 3 nitrogen and oxygen atoms in total. The van der Waals surface area contributed by atoms with Gasteiger partial charge in [-0.1, -0.05) is 0 Å². The van der Waals surface area contributed by atoms with Crippen molar-refractivity contribution in [1.29, 1.82) is 0 Å². The molecule has 3 heteroatoms. The van der Waals surface area contributed by atoms with Gasteiger partial charge in [-0.05, 0) is 26.2 Å². The lowest BCUT2D eigenvalue weighted by molar-refractivity contribution is 0.0956. The summed E-state index contributed by atoms with van der Waals surface area (Å²) in [7, 11) is 0. The van der Waals surface area contributed by atoms with Crippen LogP contribution in [-0.4, -0.2) is 47.8 Å². The van der Waals surface area contributed by atoms with Gasteiger partial charge in [-0.2, -0.15) is 0 Å². The smallest absolute Gasteiger partial charge is 0.0524 e. The van der Waals surface area contributed by atoms with Crippen LogP contribution in [0.4, 0.5) is 0 Å². The molecule has 1 atom stereocenters. The summed E-state index contributed by atoms with van der Waals surface area (Å²) < 4.78 is 0. The zero-order valence-corrected chi connectivity index (χ0v) is 8.37. The van der Waals surface area contributed by atoms with Crippen LogP contribution < -0.4 is 5.32 Å². The topological polar surface area (TPSA) is 35.5 Å². The van der Waals surface area contributed by atoms with Crippen LogP contribution in [0.2, 0.25) is 0 Å². The molecule has 0 aromatic rings. The Morgan fingerprint density at radius 1 is 1.38 bits per heavy atom. The summed E-state index contributed by atoms with van der Waals surface area (Å²) in [5.41, 5.74) is 0. The van der Waals surface area contributed by atoms with Crippen LogP contribution in [0.25, 0.3) is 0 Å². The molecule has 0 bridgehead atoms. The summed E-state index contributed by atoms with van der Waals surface area (Å²) in [4.78, 5) is 2.41. The third-order valence-electron chi connectivity index (χ3n) is 2.87. The molecule has 0 aromatic heterocycles. The van der Waals surface area contributed by atoms with Crippen LogP contribution in [-0.2, 0) is 0 Å². The minimum Gasteiger partial charge on any atom is -0.393 e. The predicted octanol–water partition coefficient (Wildman–Crippen LogP) is 0.193. The van der Waals surface area contributed by atoms with Gasteiger partial charge in [-0.15, -0.1) is 0 Å². The standard InChI is InChI=1S/C10H20N2O/c1-8(13)4-5-12-6-10(7-12)11-9-2-3-9/h8-11,13H,2-7H2,1H3. The van der Waals surface area contributed by atoms with Crippen LogP contribution in [0.15, 0.2) is 0 Å². The van der Waals surface area contributed by atoms with Crippen molar-refractivity contribution < 1.29 is 5.11 Å². The first-order valence-corrected chi connectivity index (χ1v) is 5.40. The molecule has 0 amide bonds. The highest BCUT2D eigenvalue weighted by Crippen LogP contribution is 2.21. The van der Waals surface area contributed by atoms with Crippen LogP contribution in [0.1, 0.15) is 26.2 Å². The van der Waals surface area contributed by atoms with E-state index in [4.69, 9.17) is 5.11 Å². The lowest BCUT2D eigenvalue weighted by Gasteiger charge is -2.40. The number of aliphatic hydroxyl groups excluding tert-OH is 1. The Bertz CT molecular complexity index is 162. The van der Waals surface area contributed by atoms with Crippen molar-refractivity contribution in [3.63, 3.8) is 0 Å². The van der Waals surface area contributed by atoms with Gasteiger partial charge in [0.2, 0.25) is 0 Å². The highest BCUT2D eigenvalue weighted by molar-refractivity contribution is 4.92. The van der Waals surface area contributed by atoms with Gasteiger partial charge in [0, 0.05) is 31.7 Å². The van der Waals surface area contributed by atoms with E-state index in [0.717, 1.165) is 25.0 Å². The van der Waals surface area contributed by atoms with Crippen molar-refractivity contribution in [1.82, 2.24) is 10.2 Å². The second-order valence-electron chi connectivity index (χ2n) is 4.54. The van der Waals surface area contributed by atoms with E-state index in [-0.39, 0.29) is 6.10 Å². The summed E-state index contributed by atoms with van der Waals surface area (Å²) in [6.07, 6.45) is 3.53. The van der Waals surface area contributed by atoms with Gasteiger partial charge in [-0.25, -0.2) is 0 Å². The molecule has 2 N–H and O–H groups in total. The summed E-state index contributed by atoms with van der Waals surface area (Å²) in [5.74, 6) is 0. The maximum atomic E-state index is 9.10. The molecule has 2 aliphatic rings. The monoisotopic (exact) mass is 184 g/mol. The Labute approximate surface area is 80.1 Å². The Hall–Kier alpha value is -0.120. The van der Waals surface area contributed by atoms with Crippen LogP contribution in [0.5, 0.6) is 0 Å². The van der Waals surface area contributed by atoms with Gasteiger partial charge in [0.05, 0.1) is 6.10 Å². The quantitative estimate of drug-likeness (QED) is 0.640. The molecule has 2 fully saturated rings. The summed E-state index contributed by atoms with van der Waals surface area (Å²) in [6, 6.07) is 1.57. The molecule has 0 aromatic carbocycles. The highest BCUT2D eigenvalue weighted by Gasteiger charge is 2.31. The summed E-state index contributed by atoms with van der Waals surface area (Å²) in [5, 5.41) is 12.7. The number of hydrogen-bond acceptors (Lipinski definition) is 3. The summed E-state index contributed by atoms with van der Waals surface area (Å²) >= 11 is 0. The van der Waals surface area contributed by atoms with E-state index in [1.54, 1.807) is 0 Å². The molecular weight excluding hydrogens is 164 g/mol.